The molecule has 7 heteroatoms. The number of halogens is 3. The fourth-order valence-electron chi connectivity index (χ4n) is 2.69. The second-order valence-corrected chi connectivity index (χ2v) is 5.95. The molecule has 1 heterocycles. The molecule has 1 aromatic heterocycles. The number of carbonyl (C=O) groups excluding carboxylic acids is 1. The monoisotopic (exact) mass is 359 g/mol. The van der Waals surface area contributed by atoms with Crippen LogP contribution in [0, 0.1) is 0 Å². The molecule has 26 heavy (non-hydrogen) atoms. The van der Waals surface area contributed by atoms with Gasteiger partial charge >= 0.3 is 6.18 Å². The summed E-state index contributed by atoms with van der Waals surface area (Å²) in [5.74, 6) is -0.494. The van der Waals surface area contributed by atoms with E-state index < -0.39 is 17.6 Å². The van der Waals surface area contributed by atoms with Gasteiger partial charge in [-0.05, 0) is 36.4 Å². The number of carbonyl (C=O) groups is 1. The lowest BCUT2D eigenvalue weighted by Gasteiger charge is -2.20. The van der Waals surface area contributed by atoms with Gasteiger partial charge in [0, 0.05) is 31.2 Å². The summed E-state index contributed by atoms with van der Waals surface area (Å²) in [5, 5.41) is 3.23. The van der Waals surface area contributed by atoms with Crippen LogP contribution in [0.2, 0.25) is 0 Å². The molecule has 2 aromatic carbocycles. The Bertz CT molecular complexity index is 962. The Hall–Kier alpha value is -3.09. The summed E-state index contributed by atoms with van der Waals surface area (Å²) in [7, 11) is 3.39. The van der Waals surface area contributed by atoms with Crippen molar-refractivity contribution in [1.82, 2.24) is 4.98 Å². The first kappa shape index (κ1) is 17.7. The van der Waals surface area contributed by atoms with E-state index in [0.29, 0.717) is 22.2 Å². The molecule has 0 saturated carbocycles. The highest BCUT2D eigenvalue weighted by molar-refractivity contribution is 6.13. The molecule has 4 nitrogen and oxygen atoms in total. The van der Waals surface area contributed by atoms with Gasteiger partial charge in [-0.15, -0.1) is 0 Å². The molecular formula is C19H16F3N3O. The zero-order valence-electron chi connectivity index (χ0n) is 14.1. The van der Waals surface area contributed by atoms with E-state index in [-0.39, 0.29) is 5.69 Å². The minimum absolute atomic E-state index is 0.0933. The molecule has 0 radical (unpaired) electrons. The van der Waals surface area contributed by atoms with E-state index in [2.05, 4.69) is 10.3 Å². The smallest absolute Gasteiger partial charge is 0.376 e. The van der Waals surface area contributed by atoms with Gasteiger partial charge in [0.15, 0.2) is 0 Å². The van der Waals surface area contributed by atoms with E-state index in [4.69, 9.17) is 0 Å². The fourth-order valence-corrected chi connectivity index (χ4v) is 2.69. The van der Waals surface area contributed by atoms with E-state index in [9.17, 15) is 18.0 Å². The lowest BCUT2D eigenvalue weighted by molar-refractivity contribution is -0.137. The number of fused-ring (bicyclic) bond motifs is 1. The lowest BCUT2D eigenvalue weighted by Crippen LogP contribution is -2.18. The number of hydrogen-bond acceptors (Lipinski definition) is 3. The Labute approximate surface area is 148 Å². The van der Waals surface area contributed by atoms with Crippen molar-refractivity contribution in [3.8, 4) is 0 Å². The van der Waals surface area contributed by atoms with E-state index in [1.54, 1.807) is 55.5 Å². The maximum absolute atomic E-state index is 13.0. The van der Waals surface area contributed by atoms with Crippen LogP contribution in [0.3, 0.4) is 0 Å². The molecule has 3 rings (SSSR count). The van der Waals surface area contributed by atoms with Crippen LogP contribution in [0.1, 0.15) is 15.9 Å². The quantitative estimate of drug-likeness (QED) is 0.745. The third-order valence-electron chi connectivity index (χ3n) is 3.94. The summed E-state index contributed by atoms with van der Waals surface area (Å²) in [6.07, 6.45) is -2.88. The van der Waals surface area contributed by atoms with Crippen molar-refractivity contribution in [2.75, 3.05) is 24.3 Å². The van der Waals surface area contributed by atoms with Gasteiger partial charge in [0.05, 0.1) is 22.5 Å². The molecule has 0 bridgehead atoms. The highest BCUT2D eigenvalue weighted by Crippen LogP contribution is 2.35. The SMILES string of the molecule is CN(C)c1ccc(C(F)(F)F)cc1NC(=O)c1cccc2ncccc12. The Morgan fingerprint density at radius 2 is 1.85 bits per heavy atom. The Balaban J connectivity index is 2.03. The highest BCUT2D eigenvalue weighted by Gasteiger charge is 2.31. The second-order valence-electron chi connectivity index (χ2n) is 5.95. The van der Waals surface area contributed by atoms with Crippen molar-refractivity contribution in [3.63, 3.8) is 0 Å². The molecule has 0 fully saturated rings. The zero-order chi connectivity index (χ0) is 18.9. The Kier molecular flexibility index (Phi) is 4.54. The van der Waals surface area contributed by atoms with E-state index in [0.717, 1.165) is 12.1 Å². The maximum atomic E-state index is 13.0. The second kappa shape index (κ2) is 6.67. The number of pyridine rings is 1. The van der Waals surface area contributed by atoms with Gasteiger partial charge in [0.25, 0.3) is 5.91 Å². The molecule has 0 aliphatic heterocycles. The maximum Gasteiger partial charge on any atom is 0.416 e. The van der Waals surface area contributed by atoms with Crippen LogP contribution in [-0.2, 0) is 6.18 Å². The zero-order valence-corrected chi connectivity index (χ0v) is 14.1. The normalized spacial score (nSPS) is 11.4. The highest BCUT2D eigenvalue weighted by atomic mass is 19.4. The molecule has 1 N–H and O–H groups in total. The Morgan fingerprint density at radius 1 is 1.08 bits per heavy atom. The van der Waals surface area contributed by atoms with Crippen LogP contribution < -0.4 is 10.2 Å². The largest absolute Gasteiger partial charge is 0.416 e. The predicted molar refractivity (Wildman–Crippen MR) is 95.5 cm³/mol. The first-order valence-corrected chi connectivity index (χ1v) is 7.81. The molecule has 0 aliphatic rings. The average molecular weight is 359 g/mol. The predicted octanol–water partition coefficient (Wildman–Crippen LogP) is 4.57. The summed E-state index contributed by atoms with van der Waals surface area (Å²) in [4.78, 5) is 18.6. The van der Waals surface area contributed by atoms with Crippen molar-refractivity contribution >= 4 is 28.2 Å². The van der Waals surface area contributed by atoms with Crippen molar-refractivity contribution in [1.29, 1.82) is 0 Å². The van der Waals surface area contributed by atoms with Crippen molar-refractivity contribution in [3.05, 3.63) is 65.9 Å². The third-order valence-corrected chi connectivity index (χ3v) is 3.94. The van der Waals surface area contributed by atoms with Gasteiger partial charge in [-0.25, -0.2) is 0 Å². The minimum Gasteiger partial charge on any atom is -0.376 e. The standard InChI is InChI=1S/C19H16F3N3O/c1-25(2)17-9-8-12(19(20,21)22)11-16(17)24-18(26)14-5-3-7-15-13(14)6-4-10-23-15/h3-11H,1-2H3,(H,24,26). The molecule has 0 unspecified atom stereocenters. The van der Waals surface area contributed by atoms with Gasteiger partial charge < -0.3 is 10.2 Å². The van der Waals surface area contributed by atoms with Crippen LogP contribution in [0.25, 0.3) is 10.9 Å². The molecule has 0 atom stereocenters. The van der Waals surface area contributed by atoms with Gasteiger partial charge in [0.2, 0.25) is 0 Å². The number of benzene rings is 2. The summed E-state index contributed by atoms with van der Waals surface area (Å²) in [6.45, 7) is 0. The van der Waals surface area contributed by atoms with Crippen LogP contribution in [0.4, 0.5) is 24.5 Å². The van der Waals surface area contributed by atoms with Gasteiger partial charge in [0.1, 0.15) is 0 Å². The van der Waals surface area contributed by atoms with Gasteiger partial charge in [-0.3, -0.25) is 9.78 Å². The number of aromatic nitrogens is 1. The molecular weight excluding hydrogens is 343 g/mol. The molecule has 0 spiro atoms. The molecule has 0 aliphatic carbocycles. The van der Waals surface area contributed by atoms with Gasteiger partial charge in [-0.1, -0.05) is 12.1 Å². The minimum atomic E-state index is -4.49. The summed E-state index contributed by atoms with van der Waals surface area (Å²) in [5.41, 5.74) is 0.730. The number of hydrogen-bond donors (Lipinski definition) is 1. The summed E-state index contributed by atoms with van der Waals surface area (Å²) < 4.78 is 39.1. The number of nitrogens with zero attached hydrogens (tertiary/aromatic N) is 2. The van der Waals surface area contributed by atoms with Crippen LogP contribution in [0.5, 0.6) is 0 Å². The van der Waals surface area contributed by atoms with Crippen LogP contribution in [-0.4, -0.2) is 25.0 Å². The van der Waals surface area contributed by atoms with Crippen molar-refractivity contribution in [2.45, 2.75) is 6.18 Å². The van der Waals surface area contributed by atoms with E-state index >= 15 is 0 Å². The van der Waals surface area contributed by atoms with E-state index in [1.807, 2.05) is 0 Å². The topological polar surface area (TPSA) is 45.2 Å². The molecule has 3 aromatic rings. The van der Waals surface area contributed by atoms with Gasteiger partial charge in [-0.2, -0.15) is 13.2 Å². The number of rotatable bonds is 3. The molecule has 0 saturated heterocycles. The van der Waals surface area contributed by atoms with Crippen molar-refractivity contribution in [2.24, 2.45) is 0 Å². The number of anilines is 2. The van der Waals surface area contributed by atoms with Crippen LogP contribution >= 0.6 is 0 Å². The first-order valence-electron chi connectivity index (χ1n) is 7.81. The van der Waals surface area contributed by atoms with Crippen molar-refractivity contribution < 1.29 is 18.0 Å². The number of amides is 1. The fraction of sp³-hybridized carbons (Fsp3) is 0.158. The third kappa shape index (κ3) is 3.46. The van der Waals surface area contributed by atoms with Crippen LogP contribution in [0.15, 0.2) is 54.7 Å². The molecule has 1 amide bonds. The summed E-state index contributed by atoms with van der Waals surface area (Å²) in [6, 6.07) is 11.8. The van der Waals surface area contributed by atoms with E-state index in [1.165, 1.54) is 6.07 Å². The number of alkyl halides is 3. The lowest BCUT2D eigenvalue weighted by atomic mass is 10.1. The average Bonchev–Trinajstić information content (AvgIpc) is 2.60. The molecule has 134 valence electrons. The summed E-state index contributed by atoms with van der Waals surface area (Å²) >= 11 is 0. The first-order chi connectivity index (χ1) is 12.3. The Morgan fingerprint density at radius 3 is 2.54 bits per heavy atom. The number of nitrogens with one attached hydrogen (secondary N) is 1.